The van der Waals surface area contributed by atoms with Crippen molar-refractivity contribution in [3.63, 3.8) is 0 Å². The van der Waals surface area contributed by atoms with Gasteiger partial charge in [-0.05, 0) is 72.5 Å². The summed E-state index contributed by atoms with van der Waals surface area (Å²) in [6.07, 6.45) is 4.52. The Bertz CT molecular complexity index is 1110. The number of pyridine rings is 1. The highest BCUT2D eigenvalue weighted by Gasteiger charge is 2.36. The van der Waals surface area contributed by atoms with Crippen molar-refractivity contribution in [1.29, 1.82) is 0 Å². The molecule has 2 N–H and O–H groups in total. The molecule has 4 heterocycles. The predicted molar refractivity (Wildman–Crippen MR) is 117 cm³/mol. The number of fused-ring (bicyclic) bond motifs is 1. The second-order valence-corrected chi connectivity index (χ2v) is 9.27. The van der Waals surface area contributed by atoms with Gasteiger partial charge in [0.25, 0.3) is 5.56 Å². The zero-order valence-electron chi connectivity index (χ0n) is 18.3. The van der Waals surface area contributed by atoms with Crippen molar-refractivity contribution in [2.24, 2.45) is 5.92 Å². The van der Waals surface area contributed by atoms with Gasteiger partial charge in [-0.15, -0.1) is 5.10 Å². The van der Waals surface area contributed by atoms with Gasteiger partial charge in [-0.1, -0.05) is 18.6 Å². The lowest BCUT2D eigenvalue weighted by Crippen LogP contribution is -3.13. The van der Waals surface area contributed by atoms with Crippen LogP contribution in [0.4, 0.5) is 0 Å². The summed E-state index contributed by atoms with van der Waals surface area (Å²) < 4.78 is 7.70. The van der Waals surface area contributed by atoms with Crippen LogP contribution in [0, 0.1) is 12.8 Å². The lowest BCUT2D eigenvalue weighted by Gasteiger charge is -2.33. The Balaban J connectivity index is 1.59. The van der Waals surface area contributed by atoms with Crippen LogP contribution in [0.25, 0.3) is 10.9 Å². The molecule has 0 unspecified atom stereocenters. The Morgan fingerprint density at radius 3 is 2.87 bits per heavy atom. The number of piperidine rings is 1. The fourth-order valence-electron chi connectivity index (χ4n) is 5.05. The average molecular weight is 424 g/mol. The molecule has 0 saturated carbocycles. The van der Waals surface area contributed by atoms with E-state index in [0.717, 1.165) is 67.7 Å². The number of rotatable bonds is 5. The first-order valence-electron chi connectivity index (χ1n) is 11.4. The number of benzene rings is 1. The minimum atomic E-state index is -0.197. The molecule has 164 valence electrons. The summed E-state index contributed by atoms with van der Waals surface area (Å²) in [7, 11) is 0. The van der Waals surface area contributed by atoms with Gasteiger partial charge >= 0.3 is 0 Å². The van der Waals surface area contributed by atoms with Crippen LogP contribution in [-0.2, 0) is 11.3 Å². The summed E-state index contributed by atoms with van der Waals surface area (Å²) >= 11 is 0. The smallest absolute Gasteiger partial charge is 0.258 e. The number of hydrogen-bond acceptors (Lipinski definition) is 5. The summed E-state index contributed by atoms with van der Waals surface area (Å²) in [5.41, 5.74) is 2.72. The van der Waals surface area contributed by atoms with Gasteiger partial charge in [0.05, 0.1) is 31.3 Å². The number of nitrogens with zero attached hydrogens (tertiary/aromatic N) is 4. The fraction of sp³-hybridized carbons (Fsp3) is 0.565. The van der Waals surface area contributed by atoms with Gasteiger partial charge in [0.2, 0.25) is 5.82 Å². The van der Waals surface area contributed by atoms with E-state index in [2.05, 4.69) is 40.4 Å². The first-order chi connectivity index (χ1) is 15.1. The van der Waals surface area contributed by atoms with E-state index in [4.69, 9.17) is 4.74 Å². The van der Waals surface area contributed by atoms with Crippen molar-refractivity contribution in [2.75, 3.05) is 19.7 Å². The van der Waals surface area contributed by atoms with Crippen LogP contribution >= 0.6 is 0 Å². The molecule has 8 heteroatoms. The SMILES string of the molecule is Cc1ccc2[nH]c(=O)c([C@@H](c3nnnn3C[C@H]3CCCO3)[NH+]3CCC(C)CC3)cc2c1. The summed E-state index contributed by atoms with van der Waals surface area (Å²) in [6, 6.07) is 7.96. The molecular formula is C23H31N6O2+. The van der Waals surface area contributed by atoms with Crippen LogP contribution in [-0.4, -0.2) is 51.0 Å². The van der Waals surface area contributed by atoms with E-state index >= 15 is 0 Å². The maximum atomic E-state index is 13.2. The largest absolute Gasteiger partial charge is 0.376 e. The van der Waals surface area contributed by atoms with E-state index in [0.29, 0.717) is 12.5 Å². The van der Waals surface area contributed by atoms with Crippen molar-refractivity contribution in [3.05, 3.63) is 51.6 Å². The highest BCUT2D eigenvalue weighted by atomic mass is 16.5. The maximum Gasteiger partial charge on any atom is 0.258 e. The molecule has 2 aliphatic heterocycles. The third-order valence-corrected chi connectivity index (χ3v) is 6.88. The molecule has 0 amide bonds. The maximum absolute atomic E-state index is 13.2. The molecule has 3 aromatic rings. The van der Waals surface area contributed by atoms with Crippen molar-refractivity contribution >= 4 is 10.9 Å². The third kappa shape index (κ3) is 4.14. The number of H-pyrrole nitrogens is 1. The number of ether oxygens (including phenoxy) is 1. The number of tetrazole rings is 1. The predicted octanol–water partition coefficient (Wildman–Crippen LogP) is 1.41. The second kappa shape index (κ2) is 8.51. The molecule has 31 heavy (non-hydrogen) atoms. The molecule has 2 saturated heterocycles. The monoisotopic (exact) mass is 423 g/mol. The average Bonchev–Trinajstić information content (AvgIpc) is 3.43. The number of nitrogens with one attached hydrogen (secondary N) is 2. The highest BCUT2D eigenvalue weighted by molar-refractivity contribution is 5.79. The molecular weight excluding hydrogens is 392 g/mol. The second-order valence-electron chi connectivity index (χ2n) is 9.27. The van der Waals surface area contributed by atoms with E-state index in [1.54, 1.807) is 0 Å². The van der Waals surface area contributed by atoms with E-state index < -0.39 is 0 Å². The molecule has 2 aliphatic rings. The summed E-state index contributed by atoms with van der Waals surface area (Å²) in [4.78, 5) is 17.7. The molecule has 0 bridgehead atoms. The van der Waals surface area contributed by atoms with Gasteiger partial charge in [0.1, 0.15) is 0 Å². The Kier molecular flexibility index (Phi) is 5.58. The van der Waals surface area contributed by atoms with Gasteiger partial charge in [-0.2, -0.15) is 0 Å². The highest BCUT2D eigenvalue weighted by Crippen LogP contribution is 2.22. The van der Waals surface area contributed by atoms with Gasteiger partial charge in [-0.3, -0.25) is 4.79 Å². The summed E-state index contributed by atoms with van der Waals surface area (Å²) in [5.74, 6) is 1.47. The number of aryl methyl sites for hydroxylation is 1. The Morgan fingerprint density at radius 2 is 2.10 bits per heavy atom. The zero-order valence-corrected chi connectivity index (χ0v) is 18.3. The molecule has 0 spiro atoms. The lowest BCUT2D eigenvalue weighted by molar-refractivity contribution is -0.932. The minimum absolute atomic E-state index is 0.0564. The molecule has 1 aromatic carbocycles. The summed E-state index contributed by atoms with van der Waals surface area (Å²) in [6.45, 7) is 7.81. The van der Waals surface area contributed by atoms with Gasteiger partial charge < -0.3 is 14.6 Å². The molecule has 0 aliphatic carbocycles. The van der Waals surface area contributed by atoms with E-state index in [1.165, 1.54) is 10.5 Å². The Labute approximate surface area is 181 Å². The van der Waals surface area contributed by atoms with Crippen LogP contribution in [0.2, 0.25) is 0 Å². The first kappa shape index (κ1) is 20.3. The van der Waals surface area contributed by atoms with Crippen LogP contribution in [0.15, 0.2) is 29.1 Å². The van der Waals surface area contributed by atoms with Gasteiger partial charge in [0, 0.05) is 12.1 Å². The van der Waals surface area contributed by atoms with Crippen LogP contribution in [0.5, 0.6) is 0 Å². The van der Waals surface area contributed by atoms with Crippen LogP contribution in [0.1, 0.15) is 55.6 Å². The molecule has 2 atom stereocenters. The molecule has 8 nitrogen and oxygen atoms in total. The van der Waals surface area contributed by atoms with Crippen molar-refractivity contribution in [3.8, 4) is 0 Å². The molecule has 2 fully saturated rings. The lowest BCUT2D eigenvalue weighted by atomic mass is 9.95. The number of quaternary nitrogens is 1. The summed E-state index contributed by atoms with van der Waals surface area (Å²) in [5, 5.41) is 13.8. The van der Waals surface area contributed by atoms with E-state index in [1.807, 2.05) is 22.9 Å². The number of hydrogen-bond donors (Lipinski definition) is 2. The van der Waals surface area contributed by atoms with Gasteiger partial charge in [-0.25, -0.2) is 4.68 Å². The standard InChI is InChI=1S/C23H30N6O2/c1-15-7-9-28(10-8-15)21(22-25-26-27-29(22)14-18-4-3-11-31-18)19-13-17-12-16(2)5-6-20(17)24-23(19)30/h5-6,12-13,15,18,21H,3-4,7-11,14H2,1-2H3,(H,24,30)/p+1/t18-,21+/m1/s1. The fourth-order valence-corrected chi connectivity index (χ4v) is 5.05. The van der Waals surface area contributed by atoms with Crippen LogP contribution < -0.4 is 10.5 Å². The Hall–Kier alpha value is -2.58. The number of likely N-dealkylation sites (tertiary alicyclic amines) is 1. The topological polar surface area (TPSA) is 90.1 Å². The van der Waals surface area contributed by atoms with Crippen molar-refractivity contribution < 1.29 is 9.64 Å². The Morgan fingerprint density at radius 1 is 1.26 bits per heavy atom. The van der Waals surface area contributed by atoms with Crippen molar-refractivity contribution in [2.45, 2.75) is 58.2 Å². The molecule has 5 rings (SSSR count). The number of aromatic nitrogens is 5. The number of aromatic amines is 1. The molecule has 2 aromatic heterocycles. The normalized spacial score (nSPS) is 25.2. The van der Waals surface area contributed by atoms with E-state index in [-0.39, 0.29) is 17.7 Å². The van der Waals surface area contributed by atoms with Crippen molar-refractivity contribution in [1.82, 2.24) is 25.2 Å². The zero-order chi connectivity index (χ0) is 21.4. The van der Waals surface area contributed by atoms with Gasteiger partial charge in [0.15, 0.2) is 6.04 Å². The first-order valence-corrected chi connectivity index (χ1v) is 11.4. The van der Waals surface area contributed by atoms with E-state index in [9.17, 15) is 4.79 Å². The minimum Gasteiger partial charge on any atom is -0.376 e. The third-order valence-electron chi connectivity index (χ3n) is 6.88. The molecule has 0 radical (unpaired) electrons. The van der Waals surface area contributed by atoms with Crippen LogP contribution in [0.3, 0.4) is 0 Å². The quantitative estimate of drug-likeness (QED) is 0.648.